The molecule has 0 radical (unpaired) electrons. The van der Waals surface area contributed by atoms with Gasteiger partial charge < -0.3 is 19.1 Å². The van der Waals surface area contributed by atoms with E-state index >= 15 is 0 Å². The first-order valence-electron chi connectivity index (χ1n) is 7.96. The second kappa shape index (κ2) is 8.38. The number of hydrogen-bond acceptors (Lipinski definition) is 5. The summed E-state index contributed by atoms with van der Waals surface area (Å²) in [5.74, 6) is 0.503. The van der Waals surface area contributed by atoms with Gasteiger partial charge in [-0.25, -0.2) is 0 Å². The van der Waals surface area contributed by atoms with Crippen molar-refractivity contribution < 1.29 is 23.8 Å². The Kier molecular flexibility index (Phi) is 6.23. The monoisotopic (exact) mass is 333 g/mol. The molecule has 1 aliphatic rings. The zero-order valence-electron chi connectivity index (χ0n) is 14.3. The molecule has 0 unspecified atom stereocenters. The maximum Gasteiger partial charge on any atom is 0.308 e. The van der Waals surface area contributed by atoms with E-state index in [1.807, 2.05) is 4.90 Å². The third kappa shape index (κ3) is 4.50. The molecule has 24 heavy (non-hydrogen) atoms. The second-order valence-corrected chi connectivity index (χ2v) is 5.57. The third-order valence-corrected chi connectivity index (χ3v) is 3.81. The molecule has 0 saturated carbocycles. The van der Waals surface area contributed by atoms with Gasteiger partial charge >= 0.3 is 5.97 Å². The lowest BCUT2D eigenvalue weighted by molar-refractivity contribution is -0.132. The fourth-order valence-electron chi connectivity index (χ4n) is 2.63. The minimum atomic E-state index is -0.463. The molecule has 130 valence electrons. The molecule has 1 aliphatic heterocycles. The Hall–Kier alpha value is -2.50. The maximum atomic E-state index is 12.2. The number of hydrogen-bond donors (Lipinski definition) is 0. The number of benzene rings is 1. The molecular weight excluding hydrogens is 310 g/mol. The van der Waals surface area contributed by atoms with Gasteiger partial charge in [0.2, 0.25) is 11.7 Å². The summed E-state index contributed by atoms with van der Waals surface area (Å²) in [6, 6.07) is 3.39. The van der Waals surface area contributed by atoms with Gasteiger partial charge in [-0.2, -0.15) is 0 Å². The number of likely N-dealkylation sites (tertiary alicyclic amines) is 1. The van der Waals surface area contributed by atoms with Gasteiger partial charge in [-0.15, -0.1) is 0 Å². The van der Waals surface area contributed by atoms with Gasteiger partial charge in [0.05, 0.1) is 14.2 Å². The van der Waals surface area contributed by atoms with Crippen molar-refractivity contribution in [2.24, 2.45) is 0 Å². The highest BCUT2D eigenvalue weighted by molar-refractivity contribution is 5.92. The van der Waals surface area contributed by atoms with Gasteiger partial charge in [0, 0.05) is 26.1 Å². The van der Waals surface area contributed by atoms with E-state index in [1.54, 1.807) is 24.3 Å². The fourth-order valence-corrected chi connectivity index (χ4v) is 2.63. The van der Waals surface area contributed by atoms with Crippen LogP contribution >= 0.6 is 0 Å². The van der Waals surface area contributed by atoms with Gasteiger partial charge in [0.15, 0.2) is 11.5 Å². The highest BCUT2D eigenvalue weighted by Crippen LogP contribution is 2.39. The van der Waals surface area contributed by atoms with Crippen LogP contribution < -0.4 is 14.2 Å². The zero-order chi connectivity index (χ0) is 17.5. The summed E-state index contributed by atoms with van der Waals surface area (Å²) in [6.45, 7) is 2.92. The molecule has 6 nitrogen and oxygen atoms in total. The predicted molar refractivity (Wildman–Crippen MR) is 90.3 cm³/mol. The molecule has 0 spiro atoms. The van der Waals surface area contributed by atoms with Crippen LogP contribution in [0.5, 0.6) is 17.2 Å². The number of piperidine rings is 1. The van der Waals surface area contributed by atoms with Crippen molar-refractivity contribution >= 4 is 18.0 Å². The summed E-state index contributed by atoms with van der Waals surface area (Å²) < 4.78 is 15.7. The van der Waals surface area contributed by atoms with E-state index in [9.17, 15) is 9.59 Å². The van der Waals surface area contributed by atoms with Crippen LogP contribution in [-0.2, 0) is 9.59 Å². The van der Waals surface area contributed by atoms with Gasteiger partial charge in [-0.05, 0) is 43.0 Å². The topological polar surface area (TPSA) is 65.1 Å². The van der Waals surface area contributed by atoms with Crippen LogP contribution in [0, 0.1) is 0 Å². The van der Waals surface area contributed by atoms with Crippen LogP contribution in [-0.4, -0.2) is 44.1 Å². The van der Waals surface area contributed by atoms with Gasteiger partial charge in [-0.3, -0.25) is 9.59 Å². The smallest absolute Gasteiger partial charge is 0.308 e. The Morgan fingerprint density at radius 3 is 2.12 bits per heavy atom. The number of esters is 1. The minimum absolute atomic E-state index is 0.00306. The quantitative estimate of drug-likeness (QED) is 0.471. The minimum Gasteiger partial charge on any atom is -0.493 e. The Morgan fingerprint density at radius 1 is 1.04 bits per heavy atom. The number of amides is 1. The first-order chi connectivity index (χ1) is 11.5. The first kappa shape index (κ1) is 17.8. The maximum absolute atomic E-state index is 12.2. The molecule has 1 heterocycles. The third-order valence-electron chi connectivity index (χ3n) is 3.81. The summed E-state index contributed by atoms with van der Waals surface area (Å²) in [4.78, 5) is 25.3. The van der Waals surface area contributed by atoms with Gasteiger partial charge in [0.25, 0.3) is 0 Å². The van der Waals surface area contributed by atoms with Crippen LogP contribution in [0.2, 0.25) is 0 Å². The molecule has 1 amide bonds. The summed E-state index contributed by atoms with van der Waals surface area (Å²) in [7, 11) is 2.96. The Labute approximate surface area is 142 Å². The van der Waals surface area contributed by atoms with Crippen molar-refractivity contribution in [3.05, 3.63) is 23.8 Å². The van der Waals surface area contributed by atoms with E-state index in [2.05, 4.69) is 0 Å². The van der Waals surface area contributed by atoms with Crippen LogP contribution in [0.25, 0.3) is 6.08 Å². The van der Waals surface area contributed by atoms with E-state index < -0.39 is 5.97 Å². The average molecular weight is 333 g/mol. The SMILES string of the molecule is COc1cc(/C=C/C(=O)N2CCCCC2)cc(OC)c1OC(C)=O. The normalized spacial score (nSPS) is 14.5. The van der Waals surface area contributed by atoms with Crippen LogP contribution in [0.1, 0.15) is 31.7 Å². The van der Waals surface area contributed by atoms with Crippen molar-refractivity contribution in [2.45, 2.75) is 26.2 Å². The van der Waals surface area contributed by atoms with Crippen LogP contribution in [0.15, 0.2) is 18.2 Å². The van der Waals surface area contributed by atoms with Crippen molar-refractivity contribution in [3.63, 3.8) is 0 Å². The molecule has 0 aliphatic carbocycles. The van der Waals surface area contributed by atoms with E-state index in [0.717, 1.165) is 31.5 Å². The summed E-state index contributed by atoms with van der Waals surface area (Å²) in [6.07, 6.45) is 6.54. The van der Waals surface area contributed by atoms with Crippen LogP contribution in [0.3, 0.4) is 0 Å². The van der Waals surface area contributed by atoms with Gasteiger partial charge in [0.1, 0.15) is 0 Å². The Balaban J connectivity index is 2.22. The number of methoxy groups -OCH3 is 2. The largest absolute Gasteiger partial charge is 0.493 e. The predicted octanol–water partition coefficient (Wildman–Crippen LogP) is 2.65. The summed E-state index contributed by atoms with van der Waals surface area (Å²) >= 11 is 0. The molecule has 1 fully saturated rings. The molecule has 0 aromatic heterocycles. The van der Waals surface area contributed by atoms with Crippen molar-refractivity contribution in [1.82, 2.24) is 4.90 Å². The number of nitrogens with zero attached hydrogens (tertiary/aromatic N) is 1. The molecular formula is C18H23NO5. The molecule has 2 rings (SSSR count). The fraction of sp³-hybridized carbons (Fsp3) is 0.444. The first-order valence-corrected chi connectivity index (χ1v) is 7.96. The number of rotatable bonds is 5. The van der Waals surface area contributed by atoms with Crippen molar-refractivity contribution in [2.75, 3.05) is 27.3 Å². The zero-order valence-corrected chi connectivity index (χ0v) is 14.3. The highest BCUT2D eigenvalue weighted by Gasteiger charge is 2.16. The number of carbonyl (C=O) groups excluding carboxylic acids is 2. The highest BCUT2D eigenvalue weighted by atomic mass is 16.6. The molecule has 0 bridgehead atoms. The molecule has 1 aromatic rings. The van der Waals surface area contributed by atoms with Crippen molar-refractivity contribution in [1.29, 1.82) is 0 Å². The standard InChI is InChI=1S/C18H23NO5/c1-13(20)24-18-15(22-2)11-14(12-16(18)23-3)7-8-17(21)19-9-5-4-6-10-19/h7-8,11-12H,4-6,9-10H2,1-3H3/b8-7+. The van der Waals surface area contributed by atoms with Crippen molar-refractivity contribution in [3.8, 4) is 17.2 Å². The van der Waals surface area contributed by atoms with Gasteiger partial charge in [-0.1, -0.05) is 0 Å². The number of carbonyl (C=O) groups is 2. The lowest BCUT2D eigenvalue weighted by atomic mass is 10.1. The lowest BCUT2D eigenvalue weighted by Crippen LogP contribution is -2.34. The Bertz CT molecular complexity index is 607. The lowest BCUT2D eigenvalue weighted by Gasteiger charge is -2.25. The number of ether oxygens (including phenoxy) is 3. The average Bonchev–Trinajstić information content (AvgIpc) is 2.60. The van der Waals surface area contributed by atoms with E-state index in [1.165, 1.54) is 27.6 Å². The molecule has 6 heteroatoms. The summed E-state index contributed by atoms with van der Waals surface area (Å²) in [5, 5.41) is 0. The second-order valence-electron chi connectivity index (χ2n) is 5.57. The van der Waals surface area contributed by atoms with E-state index in [4.69, 9.17) is 14.2 Å². The van der Waals surface area contributed by atoms with E-state index in [-0.39, 0.29) is 11.7 Å². The van der Waals surface area contributed by atoms with Crippen LogP contribution in [0.4, 0.5) is 0 Å². The molecule has 0 atom stereocenters. The Morgan fingerprint density at radius 2 is 1.62 bits per heavy atom. The summed E-state index contributed by atoms with van der Waals surface area (Å²) in [5.41, 5.74) is 0.727. The molecule has 1 aromatic carbocycles. The molecule has 0 N–H and O–H groups in total. The van der Waals surface area contributed by atoms with E-state index in [0.29, 0.717) is 11.5 Å². The molecule has 1 saturated heterocycles.